The molecule has 0 atom stereocenters. The van der Waals surface area contributed by atoms with Crippen LogP contribution in [0.15, 0.2) is 34.7 Å². The molecule has 2 N–H and O–H groups in total. The third-order valence-electron chi connectivity index (χ3n) is 2.23. The molecule has 0 fully saturated rings. The highest BCUT2D eigenvalue weighted by atomic mass is 32.2. The zero-order valence-electron chi connectivity index (χ0n) is 9.62. The SMILES string of the molecule is Cc1ncc(S(=O)(=O)Nc2cccc(CO)c2)s1. The minimum Gasteiger partial charge on any atom is -0.392 e. The Hall–Kier alpha value is -1.44. The maximum Gasteiger partial charge on any atom is 0.273 e. The molecule has 0 aliphatic carbocycles. The normalized spacial score (nSPS) is 11.4. The zero-order valence-corrected chi connectivity index (χ0v) is 11.3. The molecule has 0 saturated heterocycles. The predicted molar refractivity (Wildman–Crippen MR) is 70.0 cm³/mol. The summed E-state index contributed by atoms with van der Waals surface area (Å²) in [4.78, 5) is 3.92. The first kappa shape index (κ1) is 13.0. The monoisotopic (exact) mass is 284 g/mol. The summed E-state index contributed by atoms with van der Waals surface area (Å²) in [5.74, 6) is 0. The minimum atomic E-state index is -3.59. The van der Waals surface area contributed by atoms with Crippen LogP contribution >= 0.6 is 11.3 Å². The second kappa shape index (κ2) is 5.05. The molecule has 0 bridgehead atoms. The molecule has 7 heteroatoms. The van der Waals surface area contributed by atoms with Gasteiger partial charge in [-0.05, 0) is 24.6 Å². The number of aliphatic hydroxyl groups excluding tert-OH is 1. The molecular weight excluding hydrogens is 272 g/mol. The molecule has 0 saturated carbocycles. The van der Waals surface area contributed by atoms with Crippen molar-refractivity contribution in [2.45, 2.75) is 17.7 Å². The second-order valence-electron chi connectivity index (χ2n) is 3.66. The summed E-state index contributed by atoms with van der Waals surface area (Å²) < 4.78 is 26.7. The lowest BCUT2D eigenvalue weighted by atomic mass is 10.2. The Bertz CT molecular complexity index is 650. The minimum absolute atomic E-state index is 0.130. The lowest BCUT2D eigenvalue weighted by Crippen LogP contribution is -2.11. The van der Waals surface area contributed by atoms with E-state index in [0.29, 0.717) is 16.3 Å². The number of hydrogen-bond acceptors (Lipinski definition) is 5. The summed E-state index contributed by atoms with van der Waals surface area (Å²) in [6.45, 7) is 1.62. The Morgan fingerprint density at radius 2 is 2.22 bits per heavy atom. The molecule has 2 aromatic rings. The molecule has 0 aliphatic rings. The highest BCUT2D eigenvalue weighted by Crippen LogP contribution is 2.21. The summed E-state index contributed by atoms with van der Waals surface area (Å²) in [6.07, 6.45) is 1.33. The van der Waals surface area contributed by atoms with E-state index in [1.54, 1.807) is 31.2 Å². The van der Waals surface area contributed by atoms with E-state index in [1.807, 2.05) is 0 Å². The molecule has 2 rings (SSSR count). The number of aryl methyl sites for hydroxylation is 1. The van der Waals surface area contributed by atoms with Crippen molar-refractivity contribution in [2.24, 2.45) is 0 Å². The highest BCUT2D eigenvalue weighted by molar-refractivity contribution is 7.94. The van der Waals surface area contributed by atoms with Crippen LogP contribution in [0.1, 0.15) is 10.6 Å². The third kappa shape index (κ3) is 2.87. The number of anilines is 1. The lowest BCUT2D eigenvalue weighted by Gasteiger charge is -2.06. The molecule has 0 aliphatic heterocycles. The molecular formula is C11H12N2O3S2. The molecule has 1 aromatic carbocycles. The van der Waals surface area contributed by atoms with Crippen LogP contribution in [-0.4, -0.2) is 18.5 Å². The van der Waals surface area contributed by atoms with Crippen LogP contribution in [0.5, 0.6) is 0 Å². The van der Waals surface area contributed by atoms with Gasteiger partial charge in [0.15, 0.2) is 4.21 Å². The van der Waals surface area contributed by atoms with Gasteiger partial charge in [0.05, 0.1) is 17.8 Å². The number of benzene rings is 1. The van der Waals surface area contributed by atoms with Gasteiger partial charge in [-0.3, -0.25) is 4.72 Å². The standard InChI is InChI=1S/C11H12N2O3S2/c1-8-12-6-11(17-8)18(15,16)13-10-4-2-3-9(5-10)7-14/h2-6,13-14H,7H2,1H3. The van der Waals surface area contributed by atoms with E-state index in [1.165, 1.54) is 6.20 Å². The smallest absolute Gasteiger partial charge is 0.273 e. The summed E-state index contributed by atoms with van der Waals surface area (Å²) >= 11 is 1.11. The maximum atomic E-state index is 12.0. The third-order valence-corrected chi connectivity index (χ3v) is 4.98. The van der Waals surface area contributed by atoms with Crippen molar-refractivity contribution in [1.29, 1.82) is 0 Å². The van der Waals surface area contributed by atoms with Crippen LogP contribution in [0.2, 0.25) is 0 Å². The van der Waals surface area contributed by atoms with E-state index in [2.05, 4.69) is 9.71 Å². The summed E-state index contributed by atoms with van der Waals surface area (Å²) in [6, 6.07) is 6.62. The van der Waals surface area contributed by atoms with Crippen molar-refractivity contribution in [3.05, 3.63) is 41.0 Å². The Kier molecular flexibility index (Phi) is 3.65. The molecule has 1 heterocycles. The first-order valence-corrected chi connectivity index (χ1v) is 7.46. The summed E-state index contributed by atoms with van der Waals surface area (Å²) in [5.41, 5.74) is 1.07. The van der Waals surface area contributed by atoms with Crippen molar-refractivity contribution in [1.82, 2.24) is 4.98 Å². The highest BCUT2D eigenvalue weighted by Gasteiger charge is 2.17. The molecule has 0 radical (unpaired) electrons. The van der Waals surface area contributed by atoms with Gasteiger partial charge in [-0.1, -0.05) is 12.1 Å². The van der Waals surface area contributed by atoms with E-state index in [9.17, 15) is 8.42 Å². The fourth-order valence-electron chi connectivity index (χ4n) is 1.40. The number of aromatic nitrogens is 1. The van der Waals surface area contributed by atoms with Crippen LogP contribution in [0, 0.1) is 6.92 Å². The van der Waals surface area contributed by atoms with Crippen molar-refractivity contribution in [3.63, 3.8) is 0 Å². The van der Waals surface area contributed by atoms with Crippen LogP contribution in [0.25, 0.3) is 0 Å². The molecule has 96 valence electrons. The lowest BCUT2D eigenvalue weighted by molar-refractivity contribution is 0.282. The van der Waals surface area contributed by atoms with E-state index >= 15 is 0 Å². The molecule has 18 heavy (non-hydrogen) atoms. The fourth-order valence-corrected chi connectivity index (χ4v) is 3.56. The van der Waals surface area contributed by atoms with Gasteiger partial charge in [0.25, 0.3) is 10.0 Å². The van der Waals surface area contributed by atoms with Gasteiger partial charge in [-0.25, -0.2) is 13.4 Å². The number of rotatable bonds is 4. The first-order valence-electron chi connectivity index (χ1n) is 5.16. The number of nitrogens with zero attached hydrogens (tertiary/aromatic N) is 1. The van der Waals surface area contributed by atoms with Crippen LogP contribution in [0.4, 0.5) is 5.69 Å². The molecule has 0 unspecified atom stereocenters. The topological polar surface area (TPSA) is 79.3 Å². The van der Waals surface area contributed by atoms with Gasteiger partial charge in [-0.2, -0.15) is 0 Å². The van der Waals surface area contributed by atoms with Gasteiger partial charge in [0, 0.05) is 5.69 Å². The van der Waals surface area contributed by atoms with Crippen LogP contribution < -0.4 is 4.72 Å². The van der Waals surface area contributed by atoms with E-state index < -0.39 is 10.0 Å². The second-order valence-corrected chi connectivity index (χ2v) is 6.81. The molecule has 5 nitrogen and oxygen atoms in total. The quantitative estimate of drug-likeness (QED) is 0.896. The number of aliphatic hydroxyl groups is 1. The first-order chi connectivity index (χ1) is 8.51. The van der Waals surface area contributed by atoms with Gasteiger partial charge in [-0.15, -0.1) is 11.3 Å². The Morgan fingerprint density at radius 3 is 2.83 bits per heavy atom. The Morgan fingerprint density at radius 1 is 1.44 bits per heavy atom. The van der Waals surface area contributed by atoms with Crippen molar-refractivity contribution < 1.29 is 13.5 Å². The Labute approximate surface area is 109 Å². The molecule has 0 amide bonds. The Balaban J connectivity index is 2.27. The van der Waals surface area contributed by atoms with Gasteiger partial charge >= 0.3 is 0 Å². The average Bonchev–Trinajstić information content (AvgIpc) is 2.76. The molecule has 1 aromatic heterocycles. The number of hydrogen-bond donors (Lipinski definition) is 2. The number of nitrogens with one attached hydrogen (secondary N) is 1. The van der Waals surface area contributed by atoms with E-state index in [0.717, 1.165) is 11.3 Å². The van der Waals surface area contributed by atoms with E-state index in [-0.39, 0.29) is 10.8 Å². The van der Waals surface area contributed by atoms with Crippen LogP contribution in [0.3, 0.4) is 0 Å². The van der Waals surface area contributed by atoms with Gasteiger partial charge in [0.1, 0.15) is 0 Å². The van der Waals surface area contributed by atoms with Crippen molar-refractivity contribution in [3.8, 4) is 0 Å². The zero-order chi connectivity index (χ0) is 13.2. The summed E-state index contributed by atoms with van der Waals surface area (Å²) in [7, 11) is -3.59. The number of sulfonamides is 1. The van der Waals surface area contributed by atoms with E-state index in [4.69, 9.17) is 5.11 Å². The van der Waals surface area contributed by atoms with Crippen LogP contribution in [-0.2, 0) is 16.6 Å². The fraction of sp³-hybridized carbons (Fsp3) is 0.182. The average molecular weight is 284 g/mol. The summed E-state index contributed by atoms with van der Waals surface area (Å²) in [5, 5.41) is 9.69. The van der Waals surface area contributed by atoms with Gasteiger partial charge < -0.3 is 5.11 Å². The maximum absolute atomic E-state index is 12.0. The predicted octanol–water partition coefficient (Wildman–Crippen LogP) is 1.74. The number of thiazole rings is 1. The van der Waals surface area contributed by atoms with Gasteiger partial charge in [0.2, 0.25) is 0 Å². The van der Waals surface area contributed by atoms with Crippen molar-refractivity contribution in [2.75, 3.05) is 4.72 Å². The van der Waals surface area contributed by atoms with Crippen molar-refractivity contribution >= 4 is 27.0 Å². The molecule has 0 spiro atoms. The largest absolute Gasteiger partial charge is 0.392 e.